The van der Waals surface area contributed by atoms with Crippen LogP contribution in [0.25, 0.3) is 0 Å². The maximum absolute atomic E-state index is 13.7. The fourth-order valence-electron chi connectivity index (χ4n) is 4.07. The standard InChI is InChI=1S/C23H29F3N4O.2H2/c1-5-16-12-30(13-17(28-16)11-14(2)3)20-9-8-19(23(24,25)26)21(29-20)22(31)18-7-6-10-27-15(18)4;;/h6-10,14,16-17,28H,5,11-13H2,1-4H3;2*1H/t16-,17-;;/m0../s1. The number of carbonyl (C=O) groups excluding carboxylic acids is 1. The molecule has 1 aliphatic rings. The molecule has 1 N–H and O–H groups in total. The molecule has 8 heteroatoms. The second-order valence-electron chi connectivity index (χ2n) is 8.53. The average molecular weight is 439 g/mol. The summed E-state index contributed by atoms with van der Waals surface area (Å²) < 4.78 is 41.1. The first kappa shape index (κ1) is 23.2. The maximum Gasteiger partial charge on any atom is 0.418 e. The zero-order valence-electron chi connectivity index (χ0n) is 18.3. The molecular formula is C23H33F3N4O. The second kappa shape index (κ2) is 9.34. The summed E-state index contributed by atoms with van der Waals surface area (Å²) >= 11 is 0. The fraction of sp³-hybridized carbons (Fsp3) is 0.522. The number of pyridine rings is 2. The third-order valence-electron chi connectivity index (χ3n) is 5.58. The van der Waals surface area contributed by atoms with Crippen molar-refractivity contribution in [3.05, 3.63) is 53.0 Å². The van der Waals surface area contributed by atoms with Gasteiger partial charge < -0.3 is 10.2 Å². The van der Waals surface area contributed by atoms with Crippen LogP contribution in [0.2, 0.25) is 0 Å². The summed E-state index contributed by atoms with van der Waals surface area (Å²) in [6, 6.07) is 5.79. The number of ketones is 1. The number of anilines is 1. The minimum atomic E-state index is -4.68. The van der Waals surface area contributed by atoms with Crippen LogP contribution in [0.4, 0.5) is 19.0 Å². The number of aromatic nitrogens is 2. The number of nitrogens with zero attached hydrogens (tertiary/aromatic N) is 3. The molecule has 3 rings (SSSR count). The van der Waals surface area contributed by atoms with Gasteiger partial charge in [-0.15, -0.1) is 0 Å². The van der Waals surface area contributed by atoms with Crippen molar-refractivity contribution >= 4 is 11.6 Å². The molecule has 0 spiro atoms. The van der Waals surface area contributed by atoms with Gasteiger partial charge in [-0.1, -0.05) is 20.8 Å². The lowest BCUT2D eigenvalue weighted by molar-refractivity contribution is -0.138. The molecule has 0 amide bonds. The number of halogens is 3. The van der Waals surface area contributed by atoms with Crippen LogP contribution in [0.3, 0.4) is 0 Å². The Morgan fingerprint density at radius 1 is 1.26 bits per heavy atom. The quantitative estimate of drug-likeness (QED) is 0.634. The normalized spacial score (nSPS) is 19.7. The van der Waals surface area contributed by atoms with Crippen LogP contribution in [0.15, 0.2) is 30.5 Å². The molecule has 0 aliphatic carbocycles. The van der Waals surface area contributed by atoms with Gasteiger partial charge in [-0.05, 0) is 49.9 Å². The van der Waals surface area contributed by atoms with E-state index in [1.54, 1.807) is 6.92 Å². The molecule has 5 nitrogen and oxygen atoms in total. The van der Waals surface area contributed by atoms with E-state index in [0.717, 1.165) is 18.9 Å². The molecule has 0 aromatic carbocycles. The second-order valence-corrected chi connectivity index (χ2v) is 8.53. The number of hydrogen-bond acceptors (Lipinski definition) is 5. The summed E-state index contributed by atoms with van der Waals surface area (Å²) in [5.41, 5.74) is -1.10. The van der Waals surface area contributed by atoms with E-state index in [2.05, 4.69) is 36.1 Å². The number of piperazine rings is 1. The molecular weight excluding hydrogens is 405 g/mol. The van der Waals surface area contributed by atoms with E-state index in [-0.39, 0.29) is 20.5 Å². The van der Waals surface area contributed by atoms with Crippen molar-refractivity contribution in [2.24, 2.45) is 5.92 Å². The van der Waals surface area contributed by atoms with Crippen molar-refractivity contribution in [1.82, 2.24) is 15.3 Å². The van der Waals surface area contributed by atoms with Gasteiger partial charge in [0.15, 0.2) is 0 Å². The van der Waals surface area contributed by atoms with Gasteiger partial charge in [0.1, 0.15) is 11.5 Å². The largest absolute Gasteiger partial charge is 0.418 e. The maximum atomic E-state index is 13.7. The molecule has 1 fully saturated rings. The van der Waals surface area contributed by atoms with Gasteiger partial charge in [0.25, 0.3) is 0 Å². The van der Waals surface area contributed by atoms with Gasteiger partial charge in [-0.25, -0.2) is 4.98 Å². The van der Waals surface area contributed by atoms with Crippen LogP contribution in [0.1, 0.15) is 63.8 Å². The summed E-state index contributed by atoms with van der Waals surface area (Å²) in [6.45, 7) is 9.22. The lowest BCUT2D eigenvalue weighted by Crippen LogP contribution is -2.57. The molecule has 2 atom stereocenters. The Morgan fingerprint density at radius 2 is 1.97 bits per heavy atom. The average Bonchev–Trinajstić information content (AvgIpc) is 2.71. The summed E-state index contributed by atoms with van der Waals surface area (Å²) in [7, 11) is 0. The van der Waals surface area contributed by atoms with Gasteiger partial charge in [-0.3, -0.25) is 9.78 Å². The highest BCUT2D eigenvalue weighted by atomic mass is 19.4. The van der Waals surface area contributed by atoms with Crippen molar-refractivity contribution in [2.45, 2.75) is 58.8 Å². The molecule has 3 heterocycles. The van der Waals surface area contributed by atoms with E-state index in [1.165, 1.54) is 24.4 Å². The van der Waals surface area contributed by atoms with E-state index in [4.69, 9.17) is 0 Å². The fourth-order valence-corrected chi connectivity index (χ4v) is 4.07. The van der Waals surface area contributed by atoms with Crippen LogP contribution >= 0.6 is 0 Å². The molecule has 0 saturated carbocycles. The minimum absolute atomic E-state index is 0. The predicted octanol–water partition coefficient (Wildman–Crippen LogP) is 5.13. The van der Waals surface area contributed by atoms with Crippen molar-refractivity contribution in [3.8, 4) is 0 Å². The number of nitrogens with one attached hydrogen (secondary N) is 1. The van der Waals surface area contributed by atoms with Crippen LogP contribution < -0.4 is 10.2 Å². The van der Waals surface area contributed by atoms with Crippen LogP contribution in [0, 0.1) is 12.8 Å². The van der Waals surface area contributed by atoms with Gasteiger partial charge in [-0.2, -0.15) is 13.2 Å². The first-order chi connectivity index (χ1) is 14.6. The van der Waals surface area contributed by atoms with E-state index in [1.807, 2.05) is 4.90 Å². The summed E-state index contributed by atoms with van der Waals surface area (Å²) in [5.74, 6) is 0.119. The number of alkyl halides is 3. The number of aryl methyl sites for hydroxylation is 1. The monoisotopic (exact) mass is 438 g/mol. The Bertz CT molecular complexity index is 940. The SMILES string of the molecule is CC[C@H]1CN(c2ccc(C(F)(F)F)c(C(=O)c3cccnc3C)n2)C[C@H](CC(C)C)N1.[HH].[HH]. The molecule has 1 aliphatic heterocycles. The lowest BCUT2D eigenvalue weighted by atomic mass is 9.98. The number of hydrogen-bond donors (Lipinski definition) is 1. The van der Waals surface area contributed by atoms with Gasteiger partial charge in [0, 0.05) is 45.5 Å². The molecule has 2 aromatic heterocycles. The summed E-state index contributed by atoms with van der Waals surface area (Å²) in [4.78, 5) is 23.4. The predicted molar refractivity (Wildman–Crippen MR) is 119 cm³/mol. The first-order valence-electron chi connectivity index (χ1n) is 10.7. The Kier molecular flexibility index (Phi) is 6.99. The highest BCUT2D eigenvalue weighted by Gasteiger charge is 2.38. The summed E-state index contributed by atoms with van der Waals surface area (Å²) in [6.07, 6.45) is -1.33. The molecule has 0 unspecified atom stereocenters. The zero-order chi connectivity index (χ0) is 22.8. The van der Waals surface area contributed by atoms with Crippen LogP contribution in [-0.2, 0) is 6.18 Å². The van der Waals surface area contributed by atoms with Gasteiger partial charge >= 0.3 is 6.18 Å². The highest BCUT2D eigenvalue weighted by molar-refractivity contribution is 6.09. The Labute approximate surface area is 184 Å². The third-order valence-corrected chi connectivity index (χ3v) is 5.58. The van der Waals surface area contributed by atoms with E-state index in [0.29, 0.717) is 30.5 Å². The smallest absolute Gasteiger partial charge is 0.353 e. The molecule has 0 bridgehead atoms. The Balaban J connectivity index is 0.00000272. The Morgan fingerprint density at radius 3 is 2.58 bits per heavy atom. The molecule has 172 valence electrons. The molecule has 31 heavy (non-hydrogen) atoms. The third kappa shape index (κ3) is 5.42. The zero-order valence-corrected chi connectivity index (χ0v) is 18.3. The van der Waals surface area contributed by atoms with Gasteiger partial charge in [0.2, 0.25) is 5.78 Å². The number of carbonyl (C=O) groups is 1. The molecule has 2 aromatic rings. The Hall–Kier alpha value is -2.48. The van der Waals surface area contributed by atoms with Crippen LogP contribution in [-0.4, -0.2) is 40.9 Å². The topological polar surface area (TPSA) is 58.1 Å². The molecule has 0 radical (unpaired) electrons. The number of rotatable bonds is 6. The van der Waals surface area contributed by atoms with Crippen molar-refractivity contribution in [1.29, 1.82) is 0 Å². The lowest BCUT2D eigenvalue weighted by Gasteiger charge is -2.40. The van der Waals surface area contributed by atoms with Gasteiger partial charge in [0.05, 0.1) is 5.56 Å². The van der Waals surface area contributed by atoms with Crippen LogP contribution in [0.5, 0.6) is 0 Å². The van der Waals surface area contributed by atoms with E-state index >= 15 is 0 Å². The first-order valence-corrected chi connectivity index (χ1v) is 10.7. The van der Waals surface area contributed by atoms with Crippen molar-refractivity contribution in [2.75, 3.05) is 18.0 Å². The molecule has 1 saturated heterocycles. The van der Waals surface area contributed by atoms with E-state index < -0.39 is 23.2 Å². The van der Waals surface area contributed by atoms with Crippen molar-refractivity contribution < 1.29 is 20.8 Å². The van der Waals surface area contributed by atoms with Crippen molar-refractivity contribution in [3.63, 3.8) is 0 Å². The van der Waals surface area contributed by atoms with E-state index in [9.17, 15) is 18.0 Å². The summed E-state index contributed by atoms with van der Waals surface area (Å²) in [5, 5.41) is 3.62. The minimum Gasteiger partial charge on any atom is -0.353 e. The highest BCUT2D eigenvalue weighted by Crippen LogP contribution is 2.34.